The molecule has 130 valence electrons. The molecule has 0 spiro atoms. The van der Waals surface area contributed by atoms with Crippen LogP contribution in [0.15, 0.2) is 4.99 Å². The van der Waals surface area contributed by atoms with Crippen LogP contribution in [0.25, 0.3) is 0 Å². The Labute approximate surface area is 136 Å². The van der Waals surface area contributed by atoms with E-state index < -0.39 is 0 Å². The van der Waals surface area contributed by atoms with Gasteiger partial charge in [-0.2, -0.15) is 0 Å². The maximum Gasteiger partial charge on any atom is 0.193 e. The first-order valence-corrected chi connectivity index (χ1v) is 8.77. The molecule has 0 bridgehead atoms. The molecule has 1 aliphatic rings. The molecule has 1 saturated heterocycles. The van der Waals surface area contributed by atoms with Crippen LogP contribution < -0.4 is 5.32 Å². The molecule has 0 aromatic carbocycles. The highest BCUT2D eigenvalue weighted by Crippen LogP contribution is 2.14. The highest BCUT2D eigenvalue weighted by Gasteiger charge is 2.19. The molecular weight excluding hydrogens is 278 g/mol. The van der Waals surface area contributed by atoms with Crippen molar-refractivity contribution < 1.29 is 9.47 Å². The number of rotatable bonds is 9. The van der Waals surface area contributed by atoms with Gasteiger partial charge in [-0.3, -0.25) is 4.99 Å². The molecular formula is C17H35N3O2. The molecule has 2 unspecified atom stereocenters. The molecule has 0 radical (unpaired) electrons. The van der Waals surface area contributed by atoms with Crippen LogP contribution in [-0.2, 0) is 9.47 Å². The Bertz CT molecular complexity index is 315. The van der Waals surface area contributed by atoms with E-state index in [1.165, 1.54) is 0 Å². The molecule has 22 heavy (non-hydrogen) atoms. The molecule has 1 fully saturated rings. The number of aliphatic imine (C=N–C) groups is 1. The number of nitrogens with one attached hydrogen (secondary N) is 1. The number of ether oxygens (including phenoxy) is 2. The van der Waals surface area contributed by atoms with Gasteiger partial charge in [0.15, 0.2) is 5.96 Å². The molecule has 1 N–H and O–H groups in total. The van der Waals surface area contributed by atoms with Gasteiger partial charge >= 0.3 is 0 Å². The highest BCUT2D eigenvalue weighted by atomic mass is 16.5. The minimum atomic E-state index is 0.296. The van der Waals surface area contributed by atoms with Gasteiger partial charge in [0.05, 0.1) is 12.7 Å². The van der Waals surface area contributed by atoms with Crippen molar-refractivity contribution >= 4 is 5.96 Å². The summed E-state index contributed by atoms with van der Waals surface area (Å²) in [6.07, 6.45) is 2.43. The van der Waals surface area contributed by atoms with E-state index in [-0.39, 0.29) is 0 Å². The smallest absolute Gasteiger partial charge is 0.193 e. The fourth-order valence-corrected chi connectivity index (χ4v) is 2.79. The molecule has 0 aromatic heterocycles. The largest absolute Gasteiger partial charge is 0.381 e. The lowest BCUT2D eigenvalue weighted by Crippen LogP contribution is -2.41. The SMILES string of the molecule is CCNC(=NCCC(OCC)C(C)C)N(C)CC1CCOC1. The summed E-state index contributed by atoms with van der Waals surface area (Å²) >= 11 is 0. The maximum atomic E-state index is 5.79. The zero-order chi connectivity index (χ0) is 16.4. The molecule has 5 nitrogen and oxygen atoms in total. The van der Waals surface area contributed by atoms with E-state index in [0.717, 1.165) is 58.3 Å². The van der Waals surface area contributed by atoms with Gasteiger partial charge in [-0.25, -0.2) is 0 Å². The predicted octanol–water partition coefficient (Wildman–Crippen LogP) is 2.37. The van der Waals surface area contributed by atoms with E-state index in [2.05, 4.69) is 45.0 Å². The summed E-state index contributed by atoms with van der Waals surface area (Å²) in [5.74, 6) is 2.15. The summed E-state index contributed by atoms with van der Waals surface area (Å²) in [4.78, 5) is 7.00. The van der Waals surface area contributed by atoms with Gasteiger partial charge in [-0.15, -0.1) is 0 Å². The lowest BCUT2D eigenvalue weighted by atomic mass is 10.0. The van der Waals surface area contributed by atoms with E-state index in [9.17, 15) is 0 Å². The normalized spacial score (nSPS) is 20.5. The van der Waals surface area contributed by atoms with E-state index in [0.29, 0.717) is 17.9 Å². The summed E-state index contributed by atoms with van der Waals surface area (Å²) in [5, 5.41) is 3.39. The van der Waals surface area contributed by atoms with E-state index in [1.807, 2.05) is 0 Å². The van der Waals surface area contributed by atoms with Gasteiger partial charge < -0.3 is 19.7 Å². The highest BCUT2D eigenvalue weighted by molar-refractivity contribution is 5.79. The summed E-state index contributed by atoms with van der Waals surface area (Å²) in [6, 6.07) is 0. The Morgan fingerprint density at radius 1 is 1.41 bits per heavy atom. The molecule has 0 aliphatic carbocycles. The van der Waals surface area contributed by atoms with Crippen molar-refractivity contribution in [3.63, 3.8) is 0 Å². The molecule has 5 heteroatoms. The van der Waals surface area contributed by atoms with Crippen molar-refractivity contribution in [3.05, 3.63) is 0 Å². The number of nitrogens with zero attached hydrogens (tertiary/aromatic N) is 2. The van der Waals surface area contributed by atoms with Crippen LogP contribution >= 0.6 is 0 Å². The Kier molecular flexibility index (Phi) is 9.48. The molecule has 0 aromatic rings. The lowest BCUT2D eigenvalue weighted by molar-refractivity contribution is 0.0266. The number of hydrogen-bond donors (Lipinski definition) is 1. The monoisotopic (exact) mass is 313 g/mol. The van der Waals surface area contributed by atoms with Gasteiger partial charge in [-0.1, -0.05) is 13.8 Å². The van der Waals surface area contributed by atoms with Crippen molar-refractivity contribution in [1.82, 2.24) is 10.2 Å². The second-order valence-corrected chi connectivity index (χ2v) is 6.37. The third kappa shape index (κ3) is 6.97. The van der Waals surface area contributed by atoms with E-state index in [4.69, 9.17) is 14.5 Å². The fourth-order valence-electron chi connectivity index (χ4n) is 2.79. The van der Waals surface area contributed by atoms with Crippen molar-refractivity contribution in [2.24, 2.45) is 16.8 Å². The van der Waals surface area contributed by atoms with Crippen LogP contribution in [-0.4, -0.2) is 63.5 Å². The van der Waals surface area contributed by atoms with Crippen molar-refractivity contribution in [3.8, 4) is 0 Å². The van der Waals surface area contributed by atoms with Crippen LogP contribution in [0.3, 0.4) is 0 Å². The van der Waals surface area contributed by atoms with Crippen LogP contribution in [0.4, 0.5) is 0 Å². The quantitative estimate of drug-likeness (QED) is 0.524. The molecule has 1 rings (SSSR count). The lowest BCUT2D eigenvalue weighted by Gasteiger charge is -2.25. The Hall–Kier alpha value is -0.810. The van der Waals surface area contributed by atoms with Crippen molar-refractivity contribution in [2.45, 2.75) is 46.6 Å². The average Bonchev–Trinajstić information content (AvgIpc) is 2.97. The Morgan fingerprint density at radius 3 is 2.73 bits per heavy atom. The summed E-state index contributed by atoms with van der Waals surface area (Å²) < 4.78 is 11.3. The Morgan fingerprint density at radius 2 is 2.18 bits per heavy atom. The Balaban J connectivity index is 2.48. The maximum absolute atomic E-state index is 5.79. The number of guanidine groups is 1. The third-order valence-electron chi connectivity index (χ3n) is 4.05. The standard InChI is InChI=1S/C17H35N3O2/c1-6-18-17(20(5)12-15-9-11-21-13-15)19-10-8-16(14(3)4)22-7-2/h14-16H,6-13H2,1-5H3,(H,18,19). The second-order valence-electron chi connectivity index (χ2n) is 6.37. The third-order valence-corrected chi connectivity index (χ3v) is 4.05. The van der Waals surface area contributed by atoms with Gasteiger partial charge in [-0.05, 0) is 32.6 Å². The first kappa shape index (κ1) is 19.2. The zero-order valence-corrected chi connectivity index (χ0v) is 15.1. The van der Waals surface area contributed by atoms with Crippen LogP contribution in [0.5, 0.6) is 0 Å². The molecule has 1 heterocycles. The number of hydrogen-bond acceptors (Lipinski definition) is 3. The zero-order valence-electron chi connectivity index (χ0n) is 15.1. The van der Waals surface area contributed by atoms with E-state index in [1.54, 1.807) is 0 Å². The van der Waals surface area contributed by atoms with Crippen molar-refractivity contribution in [2.75, 3.05) is 46.5 Å². The van der Waals surface area contributed by atoms with Crippen LogP contribution in [0.2, 0.25) is 0 Å². The first-order valence-electron chi connectivity index (χ1n) is 8.77. The minimum Gasteiger partial charge on any atom is -0.381 e. The first-order chi connectivity index (χ1) is 10.6. The minimum absolute atomic E-state index is 0.296. The van der Waals surface area contributed by atoms with E-state index >= 15 is 0 Å². The summed E-state index contributed by atoms with van der Waals surface area (Å²) in [6.45, 7) is 13.8. The molecule has 2 atom stereocenters. The molecule has 1 aliphatic heterocycles. The van der Waals surface area contributed by atoms with Crippen LogP contribution in [0, 0.1) is 11.8 Å². The fraction of sp³-hybridized carbons (Fsp3) is 0.941. The van der Waals surface area contributed by atoms with Gasteiger partial charge in [0.25, 0.3) is 0 Å². The van der Waals surface area contributed by atoms with Gasteiger partial charge in [0.2, 0.25) is 0 Å². The molecule has 0 saturated carbocycles. The predicted molar refractivity (Wildman–Crippen MR) is 92.4 cm³/mol. The van der Waals surface area contributed by atoms with Crippen LogP contribution in [0.1, 0.15) is 40.5 Å². The second kappa shape index (κ2) is 10.8. The molecule has 0 amide bonds. The topological polar surface area (TPSA) is 46.1 Å². The summed E-state index contributed by atoms with van der Waals surface area (Å²) in [7, 11) is 2.11. The van der Waals surface area contributed by atoms with Gasteiger partial charge in [0.1, 0.15) is 0 Å². The summed E-state index contributed by atoms with van der Waals surface area (Å²) in [5.41, 5.74) is 0. The average molecular weight is 313 g/mol. The van der Waals surface area contributed by atoms with Gasteiger partial charge in [0, 0.05) is 45.8 Å². The van der Waals surface area contributed by atoms with Crippen molar-refractivity contribution in [1.29, 1.82) is 0 Å².